The van der Waals surface area contributed by atoms with Crippen molar-refractivity contribution in [2.45, 2.75) is 4.96 Å². The molecule has 0 amide bonds. The number of hydrogen-bond donors (Lipinski definition) is 0. The Morgan fingerprint density at radius 3 is 1.57 bits per heavy atom. The van der Waals surface area contributed by atoms with Crippen molar-refractivity contribution < 1.29 is 0 Å². The molecule has 0 aliphatic heterocycles. The number of rotatable bonds is 1. The van der Waals surface area contributed by atoms with Gasteiger partial charge < -0.3 is 0 Å². The summed E-state index contributed by atoms with van der Waals surface area (Å²) in [6.45, 7) is 0. The molecule has 0 saturated heterocycles. The first-order valence-electron chi connectivity index (χ1n) is 1.31. The molecule has 0 fully saturated rings. The van der Waals surface area contributed by atoms with Gasteiger partial charge in [-0.1, -0.05) is 23.2 Å². The van der Waals surface area contributed by atoms with Crippen LogP contribution in [0.25, 0.3) is 0 Å². The van der Waals surface area contributed by atoms with Crippen LogP contribution < -0.4 is 0 Å². The Hall–Kier alpha value is 0.895. The Labute approximate surface area is 60.2 Å². The van der Waals surface area contributed by atoms with Gasteiger partial charge in [-0.15, -0.1) is 0 Å². The summed E-state index contributed by atoms with van der Waals surface area (Å²) in [5, 5.41) is 0. The van der Waals surface area contributed by atoms with E-state index in [1.54, 1.807) is 7.05 Å². The van der Waals surface area contributed by atoms with E-state index in [0.717, 1.165) is 0 Å². The fourth-order valence-corrected chi connectivity index (χ4v) is 0. The lowest BCUT2D eigenvalue weighted by Crippen LogP contribution is -2.08. The standard InChI is InChI=1S/C2H4Cl3N.B/c1-6(5)2(3)4;/h2H,1H3;. The molecule has 0 heterocycles. The molecule has 0 spiro atoms. The highest BCUT2D eigenvalue weighted by Gasteiger charge is 1.99. The molecule has 0 atom stereocenters. The quantitative estimate of drug-likeness (QED) is 0.242. The van der Waals surface area contributed by atoms with Gasteiger partial charge in [-0.3, -0.25) is 0 Å². The Balaban J connectivity index is 0. The molecule has 7 heavy (non-hydrogen) atoms. The van der Waals surface area contributed by atoms with Gasteiger partial charge >= 0.3 is 0 Å². The van der Waals surface area contributed by atoms with E-state index in [9.17, 15) is 0 Å². The van der Waals surface area contributed by atoms with E-state index in [0.29, 0.717) is 0 Å². The Morgan fingerprint density at radius 1 is 1.43 bits per heavy atom. The van der Waals surface area contributed by atoms with E-state index in [1.165, 1.54) is 4.42 Å². The fourth-order valence-electron chi connectivity index (χ4n) is 0. The molecule has 0 bridgehead atoms. The summed E-state index contributed by atoms with van der Waals surface area (Å²) in [5.74, 6) is 0. The van der Waals surface area contributed by atoms with Crippen LogP contribution in [0.5, 0.6) is 0 Å². The highest BCUT2D eigenvalue weighted by molar-refractivity contribution is 6.45. The lowest BCUT2D eigenvalue weighted by Gasteiger charge is -2.03. The molecular weight excluding hydrogens is 155 g/mol. The monoisotopic (exact) mass is 158 g/mol. The number of nitrogens with zero attached hydrogens (tertiary/aromatic N) is 1. The highest BCUT2D eigenvalue weighted by atomic mass is 35.5. The minimum Gasteiger partial charge on any atom is -0.192 e. The zero-order chi connectivity index (χ0) is 5.15. The zero-order valence-corrected chi connectivity index (χ0v) is 6.00. The number of hydrogen-bond acceptors (Lipinski definition) is 1. The Kier molecular flexibility index (Phi) is 7.78. The van der Waals surface area contributed by atoms with Gasteiger partial charge in [0.25, 0.3) is 0 Å². The smallest absolute Gasteiger partial charge is 0.173 e. The van der Waals surface area contributed by atoms with Gasteiger partial charge in [0.05, 0.1) is 0 Å². The molecule has 0 saturated carbocycles. The molecule has 0 aromatic carbocycles. The third kappa shape index (κ3) is 6.89. The van der Waals surface area contributed by atoms with Crippen LogP contribution in [0.1, 0.15) is 0 Å². The summed E-state index contributed by atoms with van der Waals surface area (Å²) in [7, 11) is 1.58. The maximum Gasteiger partial charge on any atom is 0.173 e. The average Bonchev–Trinajstić information content (AvgIpc) is 1.36. The average molecular weight is 159 g/mol. The van der Waals surface area contributed by atoms with Crippen LogP contribution in [-0.4, -0.2) is 24.8 Å². The van der Waals surface area contributed by atoms with Crippen molar-refractivity contribution in [3.05, 3.63) is 0 Å². The van der Waals surface area contributed by atoms with Gasteiger partial charge in [0.1, 0.15) is 0 Å². The van der Waals surface area contributed by atoms with Crippen LogP contribution in [0.4, 0.5) is 0 Å². The van der Waals surface area contributed by atoms with Crippen LogP contribution in [0.15, 0.2) is 0 Å². The molecule has 0 N–H and O–H groups in total. The molecule has 0 aliphatic carbocycles. The summed E-state index contributed by atoms with van der Waals surface area (Å²) in [6, 6.07) is 0. The minimum absolute atomic E-state index is 0. The van der Waals surface area contributed by atoms with Gasteiger partial charge in [0, 0.05) is 15.5 Å². The van der Waals surface area contributed by atoms with Gasteiger partial charge in [0.2, 0.25) is 0 Å². The Morgan fingerprint density at radius 2 is 1.57 bits per heavy atom. The van der Waals surface area contributed by atoms with Crippen LogP contribution in [0, 0.1) is 0 Å². The first-order valence-corrected chi connectivity index (χ1v) is 2.52. The summed E-state index contributed by atoms with van der Waals surface area (Å²) in [6.07, 6.45) is 0. The van der Waals surface area contributed by atoms with E-state index in [4.69, 9.17) is 35.0 Å². The van der Waals surface area contributed by atoms with E-state index >= 15 is 0 Å². The van der Waals surface area contributed by atoms with E-state index < -0.39 is 4.96 Å². The molecule has 0 aromatic rings. The maximum atomic E-state index is 5.18. The second-order valence-corrected chi connectivity index (χ2v) is 2.39. The predicted octanol–water partition coefficient (Wildman–Crippen LogP) is 1.45. The summed E-state index contributed by atoms with van der Waals surface area (Å²) >= 11 is 15.5. The fraction of sp³-hybridized carbons (Fsp3) is 1.00. The van der Waals surface area contributed by atoms with Crippen LogP contribution in [0.3, 0.4) is 0 Å². The largest absolute Gasteiger partial charge is 0.192 e. The summed E-state index contributed by atoms with van der Waals surface area (Å²) in [5.41, 5.74) is 0. The minimum atomic E-state index is -0.605. The zero-order valence-electron chi connectivity index (χ0n) is 3.74. The van der Waals surface area contributed by atoms with Gasteiger partial charge in [0.15, 0.2) is 4.96 Å². The summed E-state index contributed by atoms with van der Waals surface area (Å²) in [4.78, 5) is -0.605. The molecule has 0 aliphatic rings. The maximum absolute atomic E-state index is 5.18. The molecular formula is C2H4BCl3N. The Bertz CT molecular complexity index is 33.9. The summed E-state index contributed by atoms with van der Waals surface area (Å²) < 4.78 is 1.17. The number of alkyl halides is 2. The second-order valence-electron chi connectivity index (χ2n) is 0.802. The SMILES string of the molecule is CN(Cl)C(Cl)Cl.[B]. The number of halogens is 3. The predicted molar refractivity (Wildman–Crippen MR) is 34.9 cm³/mol. The van der Waals surface area contributed by atoms with Crippen molar-refractivity contribution in [1.82, 2.24) is 4.42 Å². The topological polar surface area (TPSA) is 3.24 Å². The molecule has 3 radical (unpaired) electrons. The molecule has 0 rings (SSSR count). The van der Waals surface area contributed by atoms with E-state index in [1.807, 2.05) is 0 Å². The van der Waals surface area contributed by atoms with Crippen molar-refractivity contribution in [3.63, 3.8) is 0 Å². The van der Waals surface area contributed by atoms with Gasteiger partial charge in [-0.2, -0.15) is 4.42 Å². The van der Waals surface area contributed by atoms with Gasteiger partial charge in [-0.05, 0) is 11.8 Å². The van der Waals surface area contributed by atoms with Gasteiger partial charge in [-0.25, -0.2) is 0 Å². The molecule has 1 nitrogen and oxygen atoms in total. The van der Waals surface area contributed by atoms with Crippen molar-refractivity contribution in [2.75, 3.05) is 7.05 Å². The van der Waals surface area contributed by atoms with E-state index in [-0.39, 0.29) is 8.41 Å². The molecule has 0 aromatic heterocycles. The second kappa shape index (κ2) is 5.04. The lowest BCUT2D eigenvalue weighted by molar-refractivity contribution is 0.609. The van der Waals surface area contributed by atoms with Crippen molar-refractivity contribution in [3.8, 4) is 0 Å². The first kappa shape index (κ1) is 10.8. The third-order valence-electron chi connectivity index (χ3n) is 0.269. The van der Waals surface area contributed by atoms with Crippen LogP contribution >= 0.6 is 35.0 Å². The van der Waals surface area contributed by atoms with Crippen molar-refractivity contribution >= 4 is 43.4 Å². The highest BCUT2D eigenvalue weighted by Crippen LogP contribution is 2.07. The third-order valence-corrected chi connectivity index (χ3v) is 1.25. The molecule has 5 heteroatoms. The van der Waals surface area contributed by atoms with Crippen LogP contribution in [0.2, 0.25) is 0 Å². The lowest BCUT2D eigenvalue weighted by atomic mass is 10.8. The van der Waals surface area contributed by atoms with E-state index in [2.05, 4.69) is 0 Å². The van der Waals surface area contributed by atoms with Crippen LogP contribution in [-0.2, 0) is 0 Å². The molecule has 41 valence electrons. The normalized spacial score (nSPS) is 9.43. The molecule has 0 unspecified atom stereocenters. The first-order chi connectivity index (χ1) is 2.64. The van der Waals surface area contributed by atoms with Crippen molar-refractivity contribution in [1.29, 1.82) is 0 Å². The van der Waals surface area contributed by atoms with Crippen molar-refractivity contribution in [2.24, 2.45) is 0 Å².